The average molecular weight is 986 g/mol. The molecule has 0 saturated carbocycles. The van der Waals surface area contributed by atoms with Crippen LogP contribution in [0.2, 0.25) is 0 Å². The van der Waals surface area contributed by atoms with E-state index in [0.717, 1.165) is 78.2 Å². The highest BCUT2D eigenvalue weighted by atomic mass is 32.1. The Morgan fingerprint density at radius 1 is 0.534 bits per heavy atom. The van der Waals surface area contributed by atoms with Crippen molar-refractivity contribution in [1.82, 2.24) is 58.7 Å². The molecule has 0 aromatic carbocycles. The van der Waals surface area contributed by atoms with Crippen LogP contribution < -0.4 is 0 Å². The summed E-state index contributed by atoms with van der Waals surface area (Å²) in [7, 11) is 0. The number of rotatable bonds is 12. The average Bonchev–Trinajstić information content (AvgIpc) is 4.26. The van der Waals surface area contributed by atoms with Crippen molar-refractivity contribution >= 4 is 79.5 Å². The van der Waals surface area contributed by atoms with Gasteiger partial charge in [-0.3, -0.25) is 39.3 Å². The number of hydrogen-bond acceptors (Lipinski definition) is 16. The Morgan fingerprint density at radius 3 is 1.36 bits per heavy atom. The minimum atomic E-state index is -0.0233. The van der Waals surface area contributed by atoms with Gasteiger partial charge in [0.25, 0.3) is 0 Å². The van der Waals surface area contributed by atoms with Gasteiger partial charge in [-0.25, -0.2) is 33.5 Å². The molecule has 0 spiro atoms. The van der Waals surface area contributed by atoms with Crippen molar-refractivity contribution in [3.8, 4) is 0 Å². The quantitative estimate of drug-likeness (QED) is 0.107. The zero-order valence-electron chi connectivity index (χ0n) is 40.6. The summed E-state index contributed by atoms with van der Waals surface area (Å²) in [4.78, 5) is 77.3. The Balaban J connectivity index is 0.000000126. The van der Waals surface area contributed by atoms with Gasteiger partial charge in [0.1, 0.15) is 24.0 Å². The van der Waals surface area contributed by atoms with Gasteiger partial charge in [-0.15, -0.1) is 11.3 Å². The van der Waals surface area contributed by atoms with Gasteiger partial charge in [-0.1, -0.05) is 12.1 Å². The Labute approximate surface area is 422 Å². The van der Waals surface area contributed by atoms with Gasteiger partial charge in [0.15, 0.2) is 34.3 Å². The molecule has 362 valence electrons. The summed E-state index contributed by atoms with van der Waals surface area (Å²) in [6.07, 6.45) is 20.4. The molecule has 19 heteroatoms. The van der Waals surface area contributed by atoms with E-state index < -0.39 is 0 Å². The molecule has 0 aliphatic carbocycles. The summed E-state index contributed by atoms with van der Waals surface area (Å²) >= 11 is 1.51. The second kappa shape index (κ2) is 20.8. The van der Waals surface area contributed by atoms with E-state index in [1.54, 1.807) is 25.9 Å². The number of ketones is 3. The van der Waals surface area contributed by atoms with Crippen molar-refractivity contribution in [2.45, 2.75) is 53.9 Å². The second-order valence-electron chi connectivity index (χ2n) is 17.7. The molecule has 12 heterocycles. The number of thiazole rings is 1. The predicted molar refractivity (Wildman–Crippen MR) is 281 cm³/mol. The highest BCUT2D eigenvalue weighted by Gasteiger charge is 2.21. The van der Waals surface area contributed by atoms with Crippen molar-refractivity contribution in [3.63, 3.8) is 0 Å². The Morgan fingerprint density at radius 2 is 0.986 bits per heavy atom. The zero-order valence-corrected chi connectivity index (χ0v) is 41.4. The van der Waals surface area contributed by atoms with E-state index in [2.05, 4.69) is 60.2 Å². The van der Waals surface area contributed by atoms with Crippen molar-refractivity contribution in [2.75, 3.05) is 19.6 Å². The molecular weight excluding hydrogens is 939 g/mol. The first-order valence-electron chi connectivity index (χ1n) is 23.4. The first-order valence-corrected chi connectivity index (χ1v) is 24.3. The molecule has 3 aliphatic heterocycles. The Hall–Kier alpha value is -8.97. The van der Waals surface area contributed by atoms with Crippen LogP contribution in [0.15, 0.2) is 137 Å². The number of aromatic nitrogens is 12. The predicted octanol–water partition coefficient (Wildman–Crippen LogP) is 7.90. The Kier molecular flexibility index (Phi) is 13.6. The number of hydrogen-bond donors (Lipinski definition) is 0. The number of fused-ring (bicyclic) bond motifs is 3. The maximum Gasteiger partial charge on any atom is 0.173 e. The highest BCUT2D eigenvalue weighted by Crippen LogP contribution is 2.26. The SMILES string of the molecule is CC1=NCC(c2cc(C(=O)Cc3ccc(C)cn3)c3ncnn3c2)=C1.CC1=NCC(c2cc(C(=O)Cc3ccccn3)c3ncnn3c2)=C1.CC1=NCC(c2cc(C(=O)Cc3nc(C)cs3)c3ncnn3c2)=C1. The lowest BCUT2D eigenvalue weighted by Gasteiger charge is -2.08. The van der Waals surface area contributed by atoms with Crippen LogP contribution >= 0.6 is 11.3 Å². The third kappa shape index (κ3) is 10.9. The third-order valence-corrected chi connectivity index (χ3v) is 13.1. The summed E-state index contributed by atoms with van der Waals surface area (Å²) in [5.41, 5.74) is 16.0. The van der Waals surface area contributed by atoms with E-state index in [-0.39, 0.29) is 36.6 Å². The minimum absolute atomic E-state index is 0.000405. The number of carbonyl (C=O) groups is 3. The highest BCUT2D eigenvalue weighted by molar-refractivity contribution is 7.09. The number of allylic oxidation sites excluding steroid dienone is 3. The van der Waals surface area contributed by atoms with Crippen LogP contribution in [0.5, 0.6) is 0 Å². The van der Waals surface area contributed by atoms with Crippen molar-refractivity contribution in [3.05, 3.63) is 183 Å². The smallest absolute Gasteiger partial charge is 0.173 e. The maximum absolute atomic E-state index is 12.9. The number of aliphatic imine (C=N–C) groups is 3. The zero-order chi connectivity index (χ0) is 50.6. The summed E-state index contributed by atoms with van der Waals surface area (Å²) in [6.45, 7) is 11.7. The number of aryl methyl sites for hydroxylation is 2. The van der Waals surface area contributed by atoms with Gasteiger partial charge < -0.3 is 0 Å². The van der Waals surface area contributed by atoms with E-state index in [0.29, 0.717) is 53.3 Å². The van der Waals surface area contributed by atoms with Crippen molar-refractivity contribution < 1.29 is 14.4 Å². The fraction of sp³-hybridized carbons (Fsp3) is 0.204. The molecule has 0 atom stereocenters. The van der Waals surface area contributed by atoms with E-state index >= 15 is 0 Å². The molecule has 12 rings (SSSR count). The molecular formula is C54H47N15O3S. The molecule has 3 aliphatic rings. The lowest BCUT2D eigenvalue weighted by atomic mass is 10.0. The fourth-order valence-corrected chi connectivity index (χ4v) is 9.22. The monoisotopic (exact) mass is 985 g/mol. The van der Waals surface area contributed by atoms with Gasteiger partial charge in [-0.2, -0.15) is 15.3 Å². The largest absolute Gasteiger partial charge is 0.294 e. The van der Waals surface area contributed by atoms with Gasteiger partial charge in [0, 0.05) is 70.6 Å². The molecule has 73 heavy (non-hydrogen) atoms. The molecule has 0 N–H and O–H groups in total. The third-order valence-electron chi connectivity index (χ3n) is 12.1. The van der Waals surface area contributed by atoms with Crippen molar-refractivity contribution in [1.29, 1.82) is 0 Å². The van der Waals surface area contributed by atoms with Crippen LogP contribution in [0.25, 0.3) is 33.7 Å². The van der Waals surface area contributed by atoms with Gasteiger partial charge >= 0.3 is 0 Å². The minimum Gasteiger partial charge on any atom is -0.294 e. The molecule has 0 unspecified atom stereocenters. The molecule has 0 fully saturated rings. The fourth-order valence-electron chi connectivity index (χ4n) is 8.45. The molecule has 0 amide bonds. The van der Waals surface area contributed by atoms with E-state index in [1.165, 1.54) is 30.3 Å². The molecule has 0 radical (unpaired) electrons. The first kappa shape index (κ1) is 47.7. The number of carbonyl (C=O) groups excluding carboxylic acids is 3. The van der Waals surface area contributed by atoms with Crippen LogP contribution in [0.4, 0.5) is 0 Å². The molecule has 0 bridgehead atoms. The normalized spacial score (nSPS) is 13.9. The van der Waals surface area contributed by atoms with E-state index in [1.807, 2.05) is 125 Å². The molecule has 9 aromatic rings. The van der Waals surface area contributed by atoms with Gasteiger partial charge in [0.05, 0.1) is 55.6 Å². The Bertz CT molecular complexity index is 3810. The van der Waals surface area contributed by atoms with E-state index in [9.17, 15) is 14.4 Å². The number of Topliss-reactive ketones (excluding diaryl/α,β-unsaturated/α-hetero) is 3. The first-order chi connectivity index (χ1) is 35.4. The van der Waals surface area contributed by atoms with Crippen LogP contribution in [-0.2, 0) is 19.3 Å². The second-order valence-corrected chi connectivity index (χ2v) is 18.7. The lowest BCUT2D eigenvalue weighted by molar-refractivity contribution is 0.0984. The topological polar surface area (TPSA) is 218 Å². The molecule has 9 aromatic heterocycles. The van der Waals surface area contributed by atoms with E-state index in [4.69, 9.17) is 0 Å². The lowest BCUT2D eigenvalue weighted by Crippen LogP contribution is -2.09. The molecule has 0 saturated heterocycles. The molecule has 18 nitrogen and oxygen atoms in total. The maximum atomic E-state index is 12.9. The summed E-state index contributed by atoms with van der Waals surface area (Å²) in [5.74, 6) is -0.0438. The summed E-state index contributed by atoms with van der Waals surface area (Å²) < 4.78 is 4.96. The van der Waals surface area contributed by atoms with Crippen LogP contribution in [-0.4, -0.2) is 113 Å². The summed E-state index contributed by atoms with van der Waals surface area (Å²) in [5, 5.41) is 15.4. The standard InChI is InChI=1S/C19H17N5O.C18H15N5O.C17H15N5OS/c1-12-3-4-16(21-8-12)7-18(25)17-6-15(14-5-13(2)20-9-14)10-24-19(17)22-11-23-24;1-12-6-13(9-20-12)14-7-16(18-21-11-22-23(18)10-14)17(24)8-15-4-2-3-5-19-15;1-10-3-12(6-18-10)13-4-14(17-19-9-20-22(17)7-13)15(23)5-16-21-11(2)8-24-16/h3-6,8,10-11H,7,9H2,1-2H3;2-7,10-11H,8-9H2,1H3;3-4,7-9H,5-6H2,1-2H3. The van der Waals surface area contributed by atoms with Crippen molar-refractivity contribution in [2.24, 2.45) is 15.0 Å². The van der Waals surface area contributed by atoms with Crippen LogP contribution in [0, 0.1) is 13.8 Å². The van der Waals surface area contributed by atoms with Gasteiger partial charge in [-0.05, 0) is 128 Å². The van der Waals surface area contributed by atoms with Crippen LogP contribution in [0.3, 0.4) is 0 Å². The number of nitrogens with zero attached hydrogens (tertiary/aromatic N) is 15. The van der Waals surface area contributed by atoms with Gasteiger partial charge in [0.2, 0.25) is 0 Å². The number of pyridine rings is 5. The van der Waals surface area contributed by atoms with Crippen LogP contribution in [0.1, 0.15) is 96.2 Å². The summed E-state index contributed by atoms with van der Waals surface area (Å²) in [6, 6.07) is 15.1.